The Morgan fingerprint density at radius 3 is 2.76 bits per heavy atom. The number of hydrogen-bond donors (Lipinski definition) is 2. The van der Waals surface area contributed by atoms with Gasteiger partial charge in [0.05, 0.1) is 11.4 Å². The Labute approximate surface area is 102 Å². The number of anilines is 3. The van der Waals surface area contributed by atoms with Crippen LogP contribution in [0.15, 0.2) is 18.2 Å². The average Bonchev–Trinajstić information content (AvgIpc) is 2.39. The number of benzene rings is 1. The third-order valence-electron chi connectivity index (χ3n) is 2.97. The van der Waals surface area contributed by atoms with Crippen LogP contribution in [0.4, 0.5) is 17.1 Å². The van der Waals surface area contributed by atoms with Gasteiger partial charge in [-0.25, -0.2) is 0 Å². The van der Waals surface area contributed by atoms with Crippen LogP contribution in [0.25, 0.3) is 0 Å². The van der Waals surface area contributed by atoms with Crippen molar-refractivity contribution >= 4 is 23.5 Å². The first-order valence-corrected chi connectivity index (χ1v) is 6.19. The number of carbonyl (C=O) groups is 1. The molecule has 2 N–H and O–H groups in total. The summed E-state index contributed by atoms with van der Waals surface area (Å²) in [6, 6.07) is 6.05. The Balaban J connectivity index is 2.16. The van der Waals surface area contributed by atoms with Gasteiger partial charge in [-0.1, -0.05) is 13.3 Å². The molecule has 1 aromatic carbocycles. The first-order chi connectivity index (χ1) is 8.35. The molecule has 1 aromatic rings. The predicted molar refractivity (Wildman–Crippen MR) is 71.7 cm³/mol. The summed E-state index contributed by atoms with van der Waals surface area (Å²) < 4.78 is 0. The molecule has 4 nitrogen and oxygen atoms in total. The van der Waals surface area contributed by atoms with Crippen LogP contribution >= 0.6 is 0 Å². The molecule has 92 valence electrons. The molecule has 0 bridgehead atoms. The topological polar surface area (TPSA) is 44.4 Å². The molecular weight excluding hydrogens is 214 g/mol. The van der Waals surface area contributed by atoms with E-state index in [0.29, 0.717) is 0 Å². The summed E-state index contributed by atoms with van der Waals surface area (Å²) in [6.45, 7) is 4.78. The second-order valence-electron chi connectivity index (χ2n) is 4.24. The standard InChI is InChI=1S/C13H19N3O/c1-2-3-8-16(10-17)11-4-5-12-13(9-11)15-7-6-14-12/h4-5,9-10,14-15H,2-3,6-8H2,1H3. The van der Waals surface area contributed by atoms with Gasteiger partial charge in [0, 0.05) is 25.3 Å². The molecule has 1 amide bonds. The molecule has 2 rings (SSSR count). The second-order valence-corrected chi connectivity index (χ2v) is 4.24. The van der Waals surface area contributed by atoms with Crippen molar-refractivity contribution in [3.8, 4) is 0 Å². The van der Waals surface area contributed by atoms with Crippen LogP contribution < -0.4 is 15.5 Å². The van der Waals surface area contributed by atoms with Crippen LogP contribution in [0.2, 0.25) is 0 Å². The van der Waals surface area contributed by atoms with Crippen LogP contribution in [0.3, 0.4) is 0 Å². The Morgan fingerprint density at radius 1 is 1.29 bits per heavy atom. The zero-order chi connectivity index (χ0) is 12.1. The van der Waals surface area contributed by atoms with Crippen molar-refractivity contribution in [2.24, 2.45) is 0 Å². The van der Waals surface area contributed by atoms with Crippen molar-refractivity contribution in [1.29, 1.82) is 0 Å². The molecule has 1 aliphatic rings. The van der Waals surface area contributed by atoms with Gasteiger partial charge in [-0.15, -0.1) is 0 Å². The van der Waals surface area contributed by atoms with Crippen LogP contribution in [-0.2, 0) is 4.79 Å². The lowest BCUT2D eigenvalue weighted by molar-refractivity contribution is -0.107. The summed E-state index contributed by atoms with van der Waals surface area (Å²) in [5.41, 5.74) is 3.15. The van der Waals surface area contributed by atoms with E-state index >= 15 is 0 Å². The van der Waals surface area contributed by atoms with Crippen molar-refractivity contribution in [3.05, 3.63) is 18.2 Å². The van der Waals surface area contributed by atoms with E-state index in [-0.39, 0.29) is 0 Å². The third kappa shape index (κ3) is 2.70. The van der Waals surface area contributed by atoms with Crippen LogP contribution in [0.5, 0.6) is 0 Å². The van der Waals surface area contributed by atoms with Gasteiger partial charge in [-0.2, -0.15) is 0 Å². The molecule has 0 saturated carbocycles. The molecule has 0 fully saturated rings. The highest BCUT2D eigenvalue weighted by atomic mass is 16.1. The Morgan fingerprint density at radius 2 is 2.06 bits per heavy atom. The van der Waals surface area contributed by atoms with Gasteiger partial charge in [-0.05, 0) is 24.6 Å². The molecule has 0 saturated heterocycles. The van der Waals surface area contributed by atoms with Crippen LogP contribution in [0.1, 0.15) is 19.8 Å². The smallest absolute Gasteiger partial charge is 0.214 e. The first kappa shape index (κ1) is 11.8. The highest BCUT2D eigenvalue weighted by Gasteiger charge is 2.11. The summed E-state index contributed by atoms with van der Waals surface area (Å²) in [5, 5.41) is 6.65. The first-order valence-electron chi connectivity index (χ1n) is 6.19. The summed E-state index contributed by atoms with van der Waals surface area (Å²) in [5.74, 6) is 0. The van der Waals surface area contributed by atoms with E-state index in [0.717, 1.165) is 55.9 Å². The predicted octanol–water partition coefficient (Wildman–Crippen LogP) is 2.29. The minimum absolute atomic E-state index is 0.784. The number of fused-ring (bicyclic) bond motifs is 1. The fourth-order valence-electron chi connectivity index (χ4n) is 1.98. The van der Waals surface area contributed by atoms with Gasteiger partial charge in [0.1, 0.15) is 0 Å². The molecule has 0 spiro atoms. The van der Waals surface area contributed by atoms with E-state index in [2.05, 4.69) is 17.6 Å². The highest BCUT2D eigenvalue weighted by Crippen LogP contribution is 2.29. The second kappa shape index (κ2) is 5.57. The van der Waals surface area contributed by atoms with Crippen molar-refractivity contribution in [2.45, 2.75) is 19.8 Å². The summed E-state index contributed by atoms with van der Waals surface area (Å²) in [7, 11) is 0. The number of unbranched alkanes of at least 4 members (excludes halogenated alkanes) is 1. The number of amides is 1. The fourth-order valence-corrected chi connectivity index (χ4v) is 1.98. The number of rotatable bonds is 5. The van der Waals surface area contributed by atoms with Crippen LogP contribution in [0, 0.1) is 0 Å². The van der Waals surface area contributed by atoms with Gasteiger partial charge >= 0.3 is 0 Å². The maximum atomic E-state index is 11.1. The van der Waals surface area contributed by atoms with E-state index in [4.69, 9.17) is 0 Å². The maximum absolute atomic E-state index is 11.1. The lowest BCUT2D eigenvalue weighted by Crippen LogP contribution is -2.24. The van der Waals surface area contributed by atoms with Gasteiger partial charge < -0.3 is 15.5 Å². The Bertz CT molecular complexity index is 392. The van der Waals surface area contributed by atoms with E-state index in [9.17, 15) is 4.79 Å². The minimum atomic E-state index is 0.784. The van der Waals surface area contributed by atoms with E-state index in [1.807, 2.05) is 18.2 Å². The van der Waals surface area contributed by atoms with E-state index in [1.54, 1.807) is 4.90 Å². The molecule has 0 radical (unpaired) electrons. The Kier molecular flexibility index (Phi) is 3.85. The summed E-state index contributed by atoms with van der Waals surface area (Å²) in [6.07, 6.45) is 3.03. The summed E-state index contributed by atoms with van der Waals surface area (Å²) in [4.78, 5) is 12.8. The zero-order valence-electron chi connectivity index (χ0n) is 10.2. The number of nitrogens with zero attached hydrogens (tertiary/aromatic N) is 1. The number of carbonyl (C=O) groups excluding carboxylic acids is 1. The molecule has 1 aliphatic heterocycles. The number of nitrogens with one attached hydrogen (secondary N) is 2. The van der Waals surface area contributed by atoms with E-state index < -0.39 is 0 Å². The zero-order valence-corrected chi connectivity index (χ0v) is 10.2. The lowest BCUT2D eigenvalue weighted by Gasteiger charge is -2.23. The van der Waals surface area contributed by atoms with Crippen LogP contribution in [-0.4, -0.2) is 26.0 Å². The van der Waals surface area contributed by atoms with Crippen molar-refractivity contribution < 1.29 is 4.79 Å². The normalized spacial score (nSPS) is 13.2. The molecule has 0 aliphatic carbocycles. The average molecular weight is 233 g/mol. The molecule has 0 aromatic heterocycles. The van der Waals surface area contributed by atoms with Crippen molar-refractivity contribution in [1.82, 2.24) is 0 Å². The third-order valence-corrected chi connectivity index (χ3v) is 2.97. The molecule has 4 heteroatoms. The van der Waals surface area contributed by atoms with Crippen molar-refractivity contribution in [2.75, 3.05) is 35.2 Å². The Hall–Kier alpha value is -1.71. The SMILES string of the molecule is CCCCN(C=O)c1ccc2c(c1)NCCN2. The summed E-state index contributed by atoms with van der Waals surface area (Å²) >= 11 is 0. The molecular formula is C13H19N3O. The van der Waals surface area contributed by atoms with E-state index in [1.165, 1.54) is 0 Å². The molecule has 0 unspecified atom stereocenters. The molecule has 0 atom stereocenters. The largest absolute Gasteiger partial charge is 0.382 e. The lowest BCUT2D eigenvalue weighted by atomic mass is 10.2. The van der Waals surface area contributed by atoms with Gasteiger partial charge in [0.2, 0.25) is 6.41 Å². The van der Waals surface area contributed by atoms with Gasteiger partial charge in [0.25, 0.3) is 0 Å². The maximum Gasteiger partial charge on any atom is 0.214 e. The fraction of sp³-hybridized carbons (Fsp3) is 0.462. The minimum Gasteiger partial charge on any atom is -0.382 e. The highest BCUT2D eigenvalue weighted by molar-refractivity contribution is 5.82. The van der Waals surface area contributed by atoms with Gasteiger partial charge in [-0.3, -0.25) is 4.79 Å². The van der Waals surface area contributed by atoms with Gasteiger partial charge in [0.15, 0.2) is 0 Å². The number of hydrogen-bond acceptors (Lipinski definition) is 3. The quantitative estimate of drug-likeness (QED) is 0.767. The molecule has 1 heterocycles. The van der Waals surface area contributed by atoms with Crippen molar-refractivity contribution in [3.63, 3.8) is 0 Å². The molecule has 17 heavy (non-hydrogen) atoms. The monoisotopic (exact) mass is 233 g/mol.